The number of nitrogens with one attached hydrogen (secondary N) is 1. The van der Waals surface area contributed by atoms with Gasteiger partial charge < -0.3 is 16.0 Å². The molecular weight excluding hydrogens is 356 g/mol. The van der Waals surface area contributed by atoms with Gasteiger partial charge in [-0.05, 0) is 68.8 Å². The molecule has 0 bridgehead atoms. The molecule has 0 spiro atoms. The molecule has 0 fully saturated rings. The van der Waals surface area contributed by atoms with Crippen LogP contribution >= 0.6 is 0 Å². The number of carbonyl (C=O) groups excluding carboxylic acids is 3. The Morgan fingerprint density at radius 1 is 0.964 bits per heavy atom. The van der Waals surface area contributed by atoms with E-state index >= 15 is 0 Å². The van der Waals surface area contributed by atoms with Gasteiger partial charge in [-0.3, -0.25) is 14.4 Å². The lowest BCUT2D eigenvalue weighted by Crippen LogP contribution is -2.42. The predicted molar refractivity (Wildman–Crippen MR) is 112 cm³/mol. The zero-order valence-corrected chi connectivity index (χ0v) is 16.7. The van der Waals surface area contributed by atoms with Crippen LogP contribution in [0.5, 0.6) is 0 Å². The molecule has 0 saturated carbocycles. The van der Waals surface area contributed by atoms with Gasteiger partial charge in [0.2, 0.25) is 5.91 Å². The van der Waals surface area contributed by atoms with E-state index in [9.17, 15) is 14.4 Å². The quantitative estimate of drug-likeness (QED) is 0.612. The van der Waals surface area contributed by atoms with Gasteiger partial charge in [-0.15, -0.1) is 0 Å². The molecule has 2 aromatic carbocycles. The lowest BCUT2D eigenvalue weighted by molar-refractivity contribution is -0.136. The van der Waals surface area contributed by atoms with E-state index in [1.54, 1.807) is 18.2 Å². The Kier molecular flexibility index (Phi) is 6.76. The van der Waals surface area contributed by atoms with Crippen LogP contribution in [-0.4, -0.2) is 30.8 Å². The van der Waals surface area contributed by atoms with Gasteiger partial charge in [0.25, 0.3) is 0 Å². The molecule has 0 aromatic heterocycles. The van der Waals surface area contributed by atoms with Crippen LogP contribution in [0.15, 0.2) is 42.5 Å². The molecule has 0 aliphatic rings. The Bertz CT molecular complexity index is 874. The van der Waals surface area contributed by atoms with Crippen LogP contribution in [0.2, 0.25) is 0 Å². The summed E-state index contributed by atoms with van der Waals surface area (Å²) in [5.41, 5.74) is 8.81. The molecule has 0 unspecified atom stereocenters. The highest BCUT2D eigenvalue weighted by Crippen LogP contribution is 2.23. The minimum Gasteiger partial charge on any atom is -0.399 e. The molecule has 7 nitrogen and oxygen atoms in total. The molecule has 28 heavy (non-hydrogen) atoms. The molecule has 3 amide bonds. The number of nitrogen functional groups attached to an aromatic ring is 1. The molecule has 0 atom stereocenters. The van der Waals surface area contributed by atoms with Gasteiger partial charge in [-0.2, -0.15) is 0 Å². The molecule has 2 rings (SSSR count). The molecule has 0 aliphatic carbocycles. The molecule has 148 valence electrons. The van der Waals surface area contributed by atoms with E-state index in [1.807, 2.05) is 19.1 Å². The van der Waals surface area contributed by atoms with Crippen molar-refractivity contribution in [2.24, 2.45) is 0 Å². The van der Waals surface area contributed by atoms with Gasteiger partial charge in [0.1, 0.15) is 0 Å². The lowest BCUT2D eigenvalue weighted by atomic mass is 10.1. The zero-order valence-electron chi connectivity index (χ0n) is 16.7. The van der Waals surface area contributed by atoms with Crippen LogP contribution in [0.1, 0.15) is 26.3 Å². The first-order valence-corrected chi connectivity index (χ1v) is 9.15. The first-order chi connectivity index (χ1) is 13.3. The highest BCUT2D eigenvalue weighted by molar-refractivity contribution is 6.48. The normalized spacial score (nSPS) is 10.3. The van der Waals surface area contributed by atoms with E-state index in [2.05, 4.69) is 24.1 Å². The monoisotopic (exact) mass is 382 g/mol. The lowest BCUT2D eigenvalue weighted by Gasteiger charge is -2.22. The van der Waals surface area contributed by atoms with Gasteiger partial charge in [-0.25, -0.2) is 4.90 Å². The van der Waals surface area contributed by atoms with Crippen molar-refractivity contribution >= 4 is 40.5 Å². The average Bonchev–Trinajstić information content (AvgIpc) is 2.66. The second kappa shape index (κ2) is 9.03. The number of benzene rings is 2. The van der Waals surface area contributed by atoms with Crippen molar-refractivity contribution in [3.8, 4) is 0 Å². The third-order valence-electron chi connectivity index (χ3n) is 4.45. The van der Waals surface area contributed by atoms with E-state index in [4.69, 9.17) is 5.73 Å². The van der Waals surface area contributed by atoms with E-state index < -0.39 is 17.7 Å². The van der Waals surface area contributed by atoms with Crippen molar-refractivity contribution in [2.75, 3.05) is 33.9 Å². The zero-order chi connectivity index (χ0) is 20.8. The molecule has 2 aromatic rings. The standard InChI is InChI=1S/C21H26N4O3/c1-5-24(6-2)18-11-12-19(14(3)13-18)23-20(27)21(28)25(15(4)26)17-9-7-16(22)8-10-17/h7-13H,5-6,22H2,1-4H3,(H,23,27). The second-order valence-corrected chi connectivity index (χ2v) is 6.38. The Morgan fingerprint density at radius 2 is 1.54 bits per heavy atom. The Labute approximate surface area is 165 Å². The summed E-state index contributed by atoms with van der Waals surface area (Å²) in [6, 6.07) is 11.8. The van der Waals surface area contributed by atoms with Crippen molar-refractivity contribution in [3.05, 3.63) is 48.0 Å². The van der Waals surface area contributed by atoms with Gasteiger partial charge in [-0.1, -0.05) is 0 Å². The number of amides is 3. The summed E-state index contributed by atoms with van der Waals surface area (Å²) in [6.07, 6.45) is 0. The fourth-order valence-electron chi connectivity index (χ4n) is 2.92. The van der Waals surface area contributed by atoms with Gasteiger partial charge in [0.15, 0.2) is 0 Å². The minimum atomic E-state index is -0.954. The minimum absolute atomic E-state index is 0.287. The molecule has 3 N–H and O–H groups in total. The number of hydrogen-bond acceptors (Lipinski definition) is 5. The fraction of sp³-hybridized carbons (Fsp3) is 0.286. The fourth-order valence-corrected chi connectivity index (χ4v) is 2.92. The van der Waals surface area contributed by atoms with Crippen LogP contribution in [0, 0.1) is 6.92 Å². The highest BCUT2D eigenvalue weighted by atomic mass is 16.2. The van der Waals surface area contributed by atoms with Crippen molar-refractivity contribution in [3.63, 3.8) is 0 Å². The van der Waals surface area contributed by atoms with Crippen LogP contribution in [0.4, 0.5) is 22.7 Å². The van der Waals surface area contributed by atoms with Crippen LogP contribution < -0.4 is 20.9 Å². The maximum absolute atomic E-state index is 12.6. The number of rotatable bonds is 5. The molecule has 7 heteroatoms. The number of imide groups is 1. The van der Waals surface area contributed by atoms with E-state index in [0.29, 0.717) is 11.4 Å². The molecule has 0 saturated heterocycles. The highest BCUT2D eigenvalue weighted by Gasteiger charge is 2.27. The number of nitrogens with two attached hydrogens (primary N) is 1. The van der Waals surface area contributed by atoms with Crippen molar-refractivity contribution in [2.45, 2.75) is 27.7 Å². The summed E-state index contributed by atoms with van der Waals surface area (Å²) in [5.74, 6) is -2.39. The SMILES string of the molecule is CCN(CC)c1ccc(NC(=O)C(=O)N(C(C)=O)c2ccc(N)cc2)c(C)c1. The Balaban J connectivity index is 2.21. The van der Waals surface area contributed by atoms with Gasteiger partial charge >= 0.3 is 11.8 Å². The number of hydrogen-bond donors (Lipinski definition) is 2. The van der Waals surface area contributed by atoms with Gasteiger partial charge in [0, 0.05) is 37.1 Å². The number of nitrogens with zero attached hydrogens (tertiary/aromatic N) is 2. The number of anilines is 4. The van der Waals surface area contributed by atoms with Crippen molar-refractivity contribution < 1.29 is 14.4 Å². The second-order valence-electron chi connectivity index (χ2n) is 6.38. The topological polar surface area (TPSA) is 95.7 Å². The maximum atomic E-state index is 12.6. The van der Waals surface area contributed by atoms with Crippen LogP contribution in [0.25, 0.3) is 0 Å². The number of aryl methyl sites for hydroxylation is 1. The molecular formula is C21H26N4O3. The summed E-state index contributed by atoms with van der Waals surface area (Å²) in [7, 11) is 0. The average molecular weight is 382 g/mol. The molecule has 0 aliphatic heterocycles. The van der Waals surface area contributed by atoms with Crippen molar-refractivity contribution in [1.29, 1.82) is 0 Å². The van der Waals surface area contributed by atoms with E-state index in [0.717, 1.165) is 29.2 Å². The van der Waals surface area contributed by atoms with Crippen LogP contribution in [-0.2, 0) is 14.4 Å². The Hall–Kier alpha value is -3.35. The summed E-state index contributed by atoms with van der Waals surface area (Å²) in [4.78, 5) is 40.1. The maximum Gasteiger partial charge on any atom is 0.323 e. The van der Waals surface area contributed by atoms with Crippen LogP contribution in [0.3, 0.4) is 0 Å². The first kappa shape index (κ1) is 21.0. The van der Waals surface area contributed by atoms with Crippen molar-refractivity contribution in [1.82, 2.24) is 0 Å². The molecule has 0 radical (unpaired) electrons. The number of carbonyl (C=O) groups is 3. The van der Waals surface area contributed by atoms with E-state index in [-0.39, 0.29) is 5.69 Å². The summed E-state index contributed by atoms with van der Waals surface area (Å²) < 4.78 is 0. The smallest absolute Gasteiger partial charge is 0.323 e. The Morgan fingerprint density at radius 3 is 2.04 bits per heavy atom. The summed E-state index contributed by atoms with van der Waals surface area (Å²) >= 11 is 0. The largest absolute Gasteiger partial charge is 0.399 e. The first-order valence-electron chi connectivity index (χ1n) is 9.15. The van der Waals surface area contributed by atoms with E-state index in [1.165, 1.54) is 19.1 Å². The summed E-state index contributed by atoms with van der Waals surface area (Å²) in [6.45, 7) is 8.97. The summed E-state index contributed by atoms with van der Waals surface area (Å²) in [5, 5.41) is 2.60. The third kappa shape index (κ3) is 4.68. The molecule has 0 heterocycles. The predicted octanol–water partition coefficient (Wildman–Crippen LogP) is 2.94. The van der Waals surface area contributed by atoms with Gasteiger partial charge in [0.05, 0.1) is 5.69 Å². The third-order valence-corrected chi connectivity index (χ3v) is 4.45.